The van der Waals surface area contributed by atoms with E-state index in [0.717, 1.165) is 52.9 Å². The van der Waals surface area contributed by atoms with E-state index in [1.165, 1.54) is 18.4 Å². The van der Waals surface area contributed by atoms with Gasteiger partial charge in [-0.1, -0.05) is 39.7 Å². The van der Waals surface area contributed by atoms with Crippen LogP contribution in [-0.4, -0.2) is 19.6 Å². The highest BCUT2D eigenvalue weighted by Gasteiger charge is 2.13. The van der Waals surface area contributed by atoms with Gasteiger partial charge in [-0.25, -0.2) is 0 Å². The van der Waals surface area contributed by atoms with Crippen molar-refractivity contribution in [1.29, 1.82) is 0 Å². The summed E-state index contributed by atoms with van der Waals surface area (Å²) in [5.41, 5.74) is 2.29. The first-order valence-corrected chi connectivity index (χ1v) is 9.95. The van der Waals surface area contributed by atoms with Gasteiger partial charge in [-0.05, 0) is 74.3 Å². The van der Waals surface area contributed by atoms with Gasteiger partial charge in [0.1, 0.15) is 12.4 Å². The molecule has 25 heavy (non-hydrogen) atoms. The summed E-state index contributed by atoms with van der Waals surface area (Å²) in [6.45, 7) is 4.70. The maximum Gasteiger partial charge on any atom is 0.124 e. The van der Waals surface area contributed by atoms with Crippen molar-refractivity contribution in [2.24, 2.45) is 5.92 Å². The second-order valence-electron chi connectivity index (χ2n) is 6.49. The molecule has 2 N–H and O–H groups in total. The Bertz CT molecular complexity index is 672. The molecule has 1 aliphatic heterocycles. The van der Waals surface area contributed by atoms with Gasteiger partial charge in [-0.3, -0.25) is 0 Å². The normalized spacial score (nSPS) is 15.3. The Morgan fingerprint density at radius 1 is 1.12 bits per heavy atom. The molecule has 2 aromatic carbocycles. The van der Waals surface area contributed by atoms with Gasteiger partial charge in [0.2, 0.25) is 0 Å². The Kier molecular flexibility index (Phi) is 7.17. The fourth-order valence-corrected chi connectivity index (χ4v) is 3.60. The van der Waals surface area contributed by atoms with Gasteiger partial charge in [0.15, 0.2) is 0 Å². The second-order valence-corrected chi connectivity index (χ2v) is 7.84. The van der Waals surface area contributed by atoms with E-state index in [0.29, 0.717) is 6.61 Å². The third kappa shape index (κ3) is 6.00. The van der Waals surface area contributed by atoms with E-state index in [-0.39, 0.29) is 0 Å². The molecule has 0 bridgehead atoms. The van der Waals surface area contributed by atoms with Crippen molar-refractivity contribution in [1.82, 2.24) is 10.6 Å². The van der Waals surface area contributed by atoms with Crippen LogP contribution in [0, 0.1) is 5.92 Å². The van der Waals surface area contributed by atoms with Crippen LogP contribution in [0.5, 0.6) is 5.75 Å². The molecule has 1 heterocycles. The van der Waals surface area contributed by atoms with Gasteiger partial charge in [0.05, 0.1) is 0 Å². The van der Waals surface area contributed by atoms with Crippen LogP contribution in [0.15, 0.2) is 46.9 Å². The van der Waals surface area contributed by atoms with E-state index in [1.807, 2.05) is 36.4 Å². The maximum atomic E-state index is 6.05. The number of nitrogens with one attached hydrogen (secondary N) is 2. The van der Waals surface area contributed by atoms with E-state index in [9.17, 15) is 0 Å². The molecular formula is C20H24BrClN2O. The Morgan fingerprint density at radius 3 is 2.64 bits per heavy atom. The van der Waals surface area contributed by atoms with Gasteiger partial charge in [0, 0.05) is 21.6 Å². The maximum absolute atomic E-state index is 6.05. The summed E-state index contributed by atoms with van der Waals surface area (Å²) in [5.74, 6) is 1.70. The second kappa shape index (κ2) is 9.58. The molecule has 0 aliphatic carbocycles. The van der Waals surface area contributed by atoms with Gasteiger partial charge in [-0.15, -0.1) is 0 Å². The van der Waals surface area contributed by atoms with Crippen LogP contribution in [0.25, 0.3) is 0 Å². The fraction of sp³-hybridized carbons (Fsp3) is 0.400. The molecule has 1 saturated heterocycles. The summed E-state index contributed by atoms with van der Waals surface area (Å²) in [7, 11) is 0. The SMILES string of the molecule is Clc1ccc(COc2ccc(Br)cc2CNCC2CCNCC2)cc1. The Balaban J connectivity index is 1.56. The molecule has 3 nitrogen and oxygen atoms in total. The van der Waals surface area contributed by atoms with Crippen LogP contribution in [0.4, 0.5) is 0 Å². The van der Waals surface area contributed by atoms with Crippen molar-refractivity contribution in [3.8, 4) is 5.75 Å². The van der Waals surface area contributed by atoms with Crippen molar-refractivity contribution in [3.05, 3.63) is 63.1 Å². The standard InChI is InChI=1S/C20H24BrClN2O/c21-18-3-6-20(25-14-16-1-4-19(22)5-2-16)17(11-18)13-24-12-15-7-9-23-10-8-15/h1-6,11,15,23-24H,7-10,12-14H2. The summed E-state index contributed by atoms with van der Waals surface area (Å²) in [6, 6.07) is 14.0. The van der Waals surface area contributed by atoms with Crippen LogP contribution in [0.3, 0.4) is 0 Å². The lowest BCUT2D eigenvalue weighted by molar-refractivity contribution is 0.300. The molecule has 5 heteroatoms. The molecule has 0 aromatic heterocycles. The minimum atomic E-state index is 0.542. The first-order valence-electron chi connectivity index (χ1n) is 8.78. The molecule has 1 fully saturated rings. The molecule has 1 aliphatic rings. The summed E-state index contributed by atoms with van der Waals surface area (Å²) < 4.78 is 7.12. The highest BCUT2D eigenvalue weighted by Crippen LogP contribution is 2.24. The van der Waals surface area contributed by atoms with E-state index in [1.54, 1.807) is 0 Å². The Morgan fingerprint density at radius 2 is 1.88 bits per heavy atom. The Labute approximate surface area is 163 Å². The van der Waals surface area contributed by atoms with Gasteiger partial charge in [0.25, 0.3) is 0 Å². The summed E-state index contributed by atoms with van der Waals surface area (Å²) >= 11 is 9.50. The molecule has 0 radical (unpaired) electrons. The number of halogens is 2. The van der Waals surface area contributed by atoms with Gasteiger partial charge in [-0.2, -0.15) is 0 Å². The van der Waals surface area contributed by atoms with E-state index in [2.05, 4.69) is 32.6 Å². The summed E-state index contributed by atoms with van der Waals surface area (Å²) in [6.07, 6.45) is 2.51. The van der Waals surface area contributed by atoms with Gasteiger partial charge >= 0.3 is 0 Å². The number of hydrogen-bond donors (Lipinski definition) is 2. The lowest BCUT2D eigenvalue weighted by Crippen LogP contribution is -2.33. The summed E-state index contributed by atoms with van der Waals surface area (Å²) in [5, 5.41) is 7.76. The number of hydrogen-bond acceptors (Lipinski definition) is 3. The topological polar surface area (TPSA) is 33.3 Å². The molecule has 2 aromatic rings. The first kappa shape index (κ1) is 18.7. The number of benzene rings is 2. The molecule has 0 saturated carbocycles. The highest BCUT2D eigenvalue weighted by molar-refractivity contribution is 9.10. The third-order valence-corrected chi connectivity index (χ3v) is 5.28. The van der Waals surface area contributed by atoms with Crippen LogP contribution in [0.2, 0.25) is 5.02 Å². The predicted molar refractivity (Wildman–Crippen MR) is 107 cm³/mol. The van der Waals surface area contributed by atoms with Crippen LogP contribution in [-0.2, 0) is 13.2 Å². The molecule has 0 amide bonds. The quantitative estimate of drug-likeness (QED) is 0.673. The van der Waals surface area contributed by atoms with Crippen molar-refractivity contribution in [2.75, 3.05) is 19.6 Å². The Hall–Kier alpha value is -1.07. The molecular weight excluding hydrogens is 400 g/mol. The number of rotatable bonds is 7. The minimum absolute atomic E-state index is 0.542. The average Bonchev–Trinajstić information content (AvgIpc) is 2.63. The molecule has 0 atom stereocenters. The average molecular weight is 424 g/mol. The lowest BCUT2D eigenvalue weighted by Gasteiger charge is -2.23. The van der Waals surface area contributed by atoms with Crippen molar-refractivity contribution in [3.63, 3.8) is 0 Å². The van der Waals surface area contributed by atoms with Crippen molar-refractivity contribution in [2.45, 2.75) is 26.0 Å². The number of piperidine rings is 1. The molecule has 0 unspecified atom stereocenters. The van der Waals surface area contributed by atoms with E-state index in [4.69, 9.17) is 16.3 Å². The largest absolute Gasteiger partial charge is 0.489 e. The zero-order chi connectivity index (χ0) is 17.5. The molecule has 0 spiro atoms. The molecule has 134 valence electrons. The predicted octanol–water partition coefficient (Wildman–Crippen LogP) is 4.77. The minimum Gasteiger partial charge on any atom is -0.489 e. The van der Waals surface area contributed by atoms with Crippen LogP contribution in [0.1, 0.15) is 24.0 Å². The molecule has 3 rings (SSSR count). The highest BCUT2D eigenvalue weighted by atomic mass is 79.9. The van der Waals surface area contributed by atoms with Crippen molar-refractivity contribution < 1.29 is 4.74 Å². The van der Waals surface area contributed by atoms with E-state index >= 15 is 0 Å². The van der Waals surface area contributed by atoms with Crippen LogP contribution < -0.4 is 15.4 Å². The smallest absolute Gasteiger partial charge is 0.124 e. The lowest BCUT2D eigenvalue weighted by atomic mass is 9.98. The van der Waals surface area contributed by atoms with Crippen molar-refractivity contribution >= 4 is 27.5 Å². The fourth-order valence-electron chi connectivity index (χ4n) is 3.07. The zero-order valence-corrected chi connectivity index (χ0v) is 16.6. The monoisotopic (exact) mass is 422 g/mol. The van der Waals surface area contributed by atoms with Gasteiger partial charge < -0.3 is 15.4 Å². The third-order valence-electron chi connectivity index (χ3n) is 4.54. The summed E-state index contributed by atoms with van der Waals surface area (Å²) in [4.78, 5) is 0. The zero-order valence-electron chi connectivity index (χ0n) is 14.2. The van der Waals surface area contributed by atoms with Crippen LogP contribution >= 0.6 is 27.5 Å². The first-order chi connectivity index (χ1) is 12.2. The number of ether oxygens (including phenoxy) is 1. The van der Waals surface area contributed by atoms with E-state index < -0.39 is 0 Å².